The quantitative estimate of drug-likeness (QED) is 0.0654. The molecule has 5 heteroatoms. The summed E-state index contributed by atoms with van der Waals surface area (Å²) in [5, 5.41) is 0. The minimum absolute atomic E-state index is 0.189. The molecule has 0 spiro atoms. The zero-order valence-corrected chi connectivity index (χ0v) is 28.9. The van der Waals surface area contributed by atoms with Crippen molar-refractivity contribution >= 4 is 7.82 Å². The van der Waals surface area contributed by atoms with Crippen LogP contribution in [0, 0.1) is 35.5 Å². The Morgan fingerprint density at radius 2 is 0.660 bits per heavy atom. The van der Waals surface area contributed by atoms with Crippen LogP contribution in [0.15, 0.2) is 91.0 Å². The highest BCUT2D eigenvalue weighted by atomic mass is 31.2. The Balaban J connectivity index is 1.32. The van der Waals surface area contributed by atoms with Gasteiger partial charge in [-0.05, 0) is 74.5 Å². The van der Waals surface area contributed by atoms with Gasteiger partial charge in [0.25, 0.3) is 0 Å². The number of aryl methyl sites for hydroxylation is 3. The van der Waals surface area contributed by atoms with Gasteiger partial charge in [0.1, 0.15) is 0 Å². The van der Waals surface area contributed by atoms with Gasteiger partial charge < -0.3 is 0 Å². The number of benzene rings is 3. The Morgan fingerprint density at radius 1 is 0.383 bits per heavy atom. The lowest BCUT2D eigenvalue weighted by atomic mass is 10.1. The Bertz CT molecular complexity index is 1270. The molecular weight excluding hydrogens is 599 g/mol. The predicted octanol–water partition coefficient (Wildman–Crippen LogP) is 10.6. The zero-order chi connectivity index (χ0) is 32.9. The fourth-order valence-electron chi connectivity index (χ4n) is 4.83. The summed E-state index contributed by atoms with van der Waals surface area (Å²) in [6.45, 7) is 0.567. The minimum atomic E-state index is -3.72. The normalized spacial score (nSPS) is 10.6. The highest BCUT2D eigenvalue weighted by Crippen LogP contribution is 2.49. The van der Waals surface area contributed by atoms with E-state index in [0.29, 0.717) is 19.3 Å². The van der Waals surface area contributed by atoms with Crippen LogP contribution in [0.2, 0.25) is 0 Å². The predicted molar refractivity (Wildman–Crippen MR) is 195 cm³/mol. The van der Waals surface area contributed by atoms with E-state index >= 15 is 0 Å². The molecule has 0 radical (unpaired) electrons. The number of rotatable bonds is 21. The van der Waals surface area contributed by atoms with Crippen LogP contribution in [0.1, 0.15) is 93.7 Å². The standard InChI is InChI=1S/C42H51O4P/c43-47(44-37-25-10-4-1-7-16-28-40-31-19-13-20-32-40,45-38-26-11-5-2-8-17-29-41-33-21-14-22-34-41)46-39-27-12-6-3-9-18-30-42-35-23-15-24-36-42/h13-15,19-24,31-36H,1-3,7-9,16-18,25-30,37-39H2. The molecule has 0 saturated carbocycles. The fraction of sp³-hybridized carbons (Fsp3) is 0.429. The fourth-order valence-corrected chi connectivity index (χ4v) is 6.00. The summed E-state index contributed by atoms with van der Waals surface area (Å²) < 4.78 is 30.2. The SMILES string of the molecule is O=P(OCCC#CCCCCc1ccccc1)(OCCC#CCCCCc1ccccc1)OCCC#CCCCCc1ccccc1. The summed E-state index contributed by atoms with van der Waals surface area (Å²) in [7, 11) is -3.72. The molecule has 0 aromatic heterocycles. The summed E-state index contributed by atoms with van der Waals surface area (Å²) in [5.41, 5.74) is 4.08. The summed E-state index contributed by atoms with van der Waals surface area (Å²) in [6, 6.07) is 31.5. The van der Waals surface area contributed by atoms with Crippen molar-refractivity contribution in [2.24, 2.45) is 0 Å². The number of hydrogen-bond donors (Lipinski definition) is 0. The van der Waals surface area contributed by atoms with E-state index in [-0.39, 0.29) is 19.8 Å². The van der Waals surface area contributed by atoms with Gasteiger partial charge in [-0.3, -0.25) is 13.6 Å². The molecule has 0 aliphatic rings. The lowest BCUT2D eigenvalue weighted by Crippen LogP contribution is -2.03. The van der Waals surface area contributed by atoms with Gasteiger partial charge in [-0.25, -0.2) is 4.57 Å². The molecule has 3 aromatic carbocycles. The summed E-state index contributed by atoms with van der Waals surface area (Å²) in [5.74, 6) is 19.0. The first kappa shape index (κ1) is 37.9. The van der Waals surface area contributed by atoms with Gasteiger partial charge >= 0.3 is 7.82 Å². The first-order valence-corrected chi connectivity index (χ1v) is 18.7. The van der Waals surface area contributed by atoms with E-state index in [9.17, 15) is 4.57 Å². The third-order valence-electron chi connectivity index (χ3n) is 7.38. The van der Waals surface area contributed by atoms with Gasteiger partial charge in [0.15, 0.2) is 0 Å². The molecule has 248 valence electrons. The molecule has 0 bridgehead atoms. The van der Waals surface area contributed by atoms with Crippen LogP contribution in [-0.2, 0) is 37.4 Å². The number of hydrogen-bond acceptors (Lipinski definition) is 4. The molecule has 0 heterocycles. The van der Waals surface area contributed by atoms with Crippen LogP contribution >= 0.6 is 7.82 Å². The Kier molecular flexibility index (Phi) is 20.6. The first-order chi connectivity index (χ1) is 23.2. The van der Waals surface area contributed by atoms with E-state index in [1.807, 2.05) is 18.2 Å². The maximum absolute atomic E-state index is 13.3. The van der Waals surface area contributed by atoms with Crippen molar-refractivity contribution in [3.63, 3.8) is 0 Å². The monoisotopic (exact) mass is 650 g/mol. The Morgan fingerprint density at radius 3 is 0.957 bits per heavy atom. The highest BCUT2D eigenvalue weighted by Gasteiger charge is 2.25. The van der Waals surface area contributed by atoms with Gasteiger partial charge in [0, 0.05) is 38.5 Å². The van der Waals surface area contributed by atoms with Crippen molar-refractivity contribution in [1.29, 1.82) is 0 Å². The molecule has 0 fully saturated rings. The molecule has 0 amide bonds. The van der Waals surface area contributed by atoms with Gasteiger partial charge in [-0.1, -0.05) is 91.0 Å². The highest BCUT2D eigenvalue weighted by molar-refractivity contribution is 7.48. The van der Waals surface area contributed by atoms with E-state index in [0.717, 1.165) is 77.0 Å². The first-order valence-electron chi connectivity index (χ1n) is 17.3. The second-order valence-electron chi connectivity index (χ2n) is 11.3. The second-order valence-corrected chi connectivity index (χ2v) is 13.0. The largest absolute Gasteiger partial charge is 0.474 e. The third kappa shape index (κ3) is 19.7. The molecule has 4 nitrogen and oxygen atoms in total. The van der Waals surface area contributed by atoms with Crippen molar-refractivity contribution in [3.05, 3.63) is 108 Å². The molecular formula is C42H51O4P. The van der Waals surface area contributed by atoms with Gasteiger partial charge in [0.2, 0.25) is 0 Å². The molecule has 0 N–H and O–H groups in total. The van der Waals surface area contributed by atoms with Crippen LogP contribution in [-0.4, -0.2) is 19.8 Å². The Labute approximate surface area is 284 Å². The molecule has 0 aliphatic heterocycles. The number of phosphoric ester groups is 1. The zero-order valence-electron chi connectivity index (χ0n) is 28.0. The van der Waals surface area contributed by atoms with E-state index in [4.69, 9.17) is 13.6 Å². The van der Waals surface area contributed by atoms with Crippen LogP contribution in [0.4, 0.5) is 0 Å². The second kappa shape index (κ2) is 25.5. The molecule has 47 heavy (non-hydrogen) atoms. The van der Waals surface area contributed by atoms with Crippen molar-refractivity contribution in [2.45, 2.75) is 96.3 Å². The van der Waals surface area contributed by atoms with Crippen molar-refractivity contribution in [2.75, 3.05) is 19.8 Å². The molecule has 0 atom stereocenters. The van der Waals surface area contributed by atoms with E-state index in [1.165, 1.54) is 16.7 Å². The maximum atomic E-state index is 13.3. The summed E-state index contributed by atoms with van der Waals surface area (Å²) in [4.78, 5) is 0. The van der Waals surface area contributed by atoms with Crippen LogP contribution in [0.5, 0.6) is 0 Å². The molecule has 0 unspecified atom stereocenters. The third-order valence-corrected chi connectivity index (χ3v) is 8.88. The molecule has 3 rings (SSSR count). The van der Waals surface area contributed by atoms with Gasteiger partial charge in [-0.2, -0.15) is 0 Å². The van der Waals surface area contributed by atoms with Crippen molar-refractivity contribution in [1.82, 2.24) is 0 Å². The molecule has 0 aliphatic carbocycles. The lowest BCUT2D eigenvalue weighted by molar-refractivity contribution is 0.118. The number of phosphoric acid groups is 1. The van der Waals surface area contributed by atoms with Crippen LogP contribution in [0.25, 0.3) is 0 Å². The smallest absolute Gasteiger partial charge is 0.286 e. The average molecular weight is 651 g/mol. The summed E-state index contributed by atoms with van der Waals surface area (Å²) >= 11 is 0. The van der Waals surface area contributed by atoms with E-state index in [1.54, 1.807) is 0 Å². The van der Waals surface area contributed by atoms with Crippen molar-refractivity contribution < 1.29 is 18.1 Å². The maximum Gasteiger partial charge on any atom is 0.474 e. The average Bonchev–Trinajstić information content (AvgIpc) is 3.11. The number of unbranched alkanes of at least 4 members (excludes halogenated alkanes) is 6. The summed E-state index contributed by atoms with van der Waals surface area (Å²) in [6.07, 6.45) is 13.6. The van der Waals surface area contributed by atoms with Crippen LogP contribution < -0.4 is 0 Å². The topological polar surface area (TPSA) is 44.8 Å². The van der Waals surface area contributed by atoms with E-state index in [2.05, 4.69) is 108 Å². The van der Waals surface area contributed by atoms with Crippen molar-refractivity contribution in [3.8, 4) is 35.5 Å². The van der Waals surface area contributed by atoms with Gasteiger partial charge in [0.05, 0.1) is 19.8 Å². The minimum Gasteiger partial charge on any atom is -0.286 e. The van der Waals surface area contributed by atoms with Crippen LogP contribution in [0.3, 0.4) is 0 Å². The van der Waals surface area contributed by atoms with E-state index < -0.39 is 7.82 Å². The Hall–Kier alpha value is -3.55. The molecule has 0 saturated heterocycles. The lowest BCUT2D eigenvalue weighted by Gasteiger charge is -2.16. The molecule has 3 aromatic rings. The van der Waals surface area contributed by atoms with Gasteiger partial charge in [-0.15, -0.1) is 35.5 Å².